The molecule has 2 aromatic carbocycles. The van der Waals surface area contributed by atoms with E-state index in [1.54, 1.807) is 24.3 Å². The quantitative estimate of drug-likeness (QED) is 0.0399. The van der Waals surface area contributed by atoms with Gasteiger partial charge in [-0.3, -0.25) is 0 Å². The van der Waals surface area contributed by atoms with E-state index in [-0.39, 0.29) is 21.8 Å². The molecule has 2 aromatic rings. The van der Waals surface area contributed by atoms with Crippen LogP contribution in [0.3, 0.4) is 0 Å². The van der Waals surface area contributed by atoms with Crippen LogP contribution in [0.2, 0.25) is 0 Å². The first-order valence-corrected chi connectivity index (χ1v) is 43.0. The minimum atomic E-state index is -4.76. The Hall–Kier alpha value is -1.59. The molecule has 82 heavy (non-hydrogen) atoms. The van der Waals surface area contributed by atoms with Gasteiger partial charge in [-0.25, -0.2) is 0 Å². The molecule has 0 radical (unpaired) electrons. The van der Waals surface area contributed by atoms with Crippen LogP contribution >= 0.6 is 13.7 Å². The molecule has 1 N–H and O–H groups in total. The van der Waals surface area contributed by atoms with E-state index in [1.807, 2.05) is 0 Å². The second-order valence-corrected chi connectivity index (χ2v) is 39.1. The summed E-state index contributed by atoms with van der Waals surface area (Å²) in [4.78, 5) is 29.9. The van der Waals surface area contributed by atoms with Gasteiger partial charge < -0.3 is 0 Å². The maximum atomic E-state index is 15.1. The van der Waals surface area contributed by atoms with Crippen molar-refractivity contribution in [2.45, 2.75) is 343 Å². The number of hydrogen-bond donors (Lipinski definition) is 1. The zero-order valence-electron chi connectivity index (χ0n) is 55.4. The van der Waals surface area contributed by atoms with Gasteiger partial charge in [-0.2, -0.15) is 0 Å². The van der Waals surface area contributed by atoms with Crippen molar-refractivity contribution in [3.05, 3.63) is 41.5 Å². The van der Waals surface area contributed by atoms with Crippen molar-refractivity contribution < 1.29 is 31.6 Å². The third kappa shape index (κ3) is 29.9. The van der Waals surface area contributed by atoms with E-state index in [2.05, 4.69) is 55.4 Å². The maximum absolute atomic E-state index is 15.1. The van der Waals surface area contributed by atoms with Crippen LogP contribution in [0.25, 0.3) is 10.8 Å². The molecule has 0 aromatic heterocycles. The van der Waals surface area contributed by atoms with Gasteiger partial charge in [-0.05, 0) is 0 Å². The fourth-order valence-corrected chi connectivity index (χ4v) is 27.6. The third-order valence-corrected chi connectivity index (χ3v) is 32.8. The average molecular weight is 1210 g/mol. The van der Waals surface area contributed by atoms with Crippen molar-refractivity contribution in [3.8, 4) is 0 Å². The van der Waals surface area contributed by atoms with Crippen LogP contribution in [0.4, 0.5) is 0 Å². The third-order valence-electron chi connectivity index (χ3n) is 19.0. The zero-order valence-corrected chi connectivity index (χ0v) is 58.0. The van der Waals surface area contributed by atoms with E-state index in [0.717, 1.165) is 152 Å². The van der Waals surface area contributed by atoms with Gasteiger partial charge in [0.1, 0.15) is 0 Å². The van der Waals surface area contributed by atoms with Gasteiger partial charge in [0, 0.05) is 0 Å². The molecule has 0 unspecified atom stereocenters. The van der Waals surface area contributed by atoms with E-state index < -0.39 is 29.7 Å². The predicted molar refractivity (Wildman–Crippen MR) is 366 cm³/mol. The SMILES string of the molecule is CCCCCCCCCCCCCCCCCCP(CCCC)(CCCC)(CCCC)OC(=O)c1ccc2c(S(=O)(=O)O)cc(C(=O)OP(CCCC)(CCCC)(CCCC)CCCCCCCCCCCCCCCCCC)cc2c1. The van der Waals surface area contributed by atoms with Gasteiger partial charge in [-0.15, -0.1) is 0 Å². The molecule has 0 saturated heterocycles. The first-order chi connectivity index (χ1) is 39.7. The van der Waals surface area contributed by atoms with E-state index >= 15 is 9.59 Å². The second-order valence-electron chi connectivity index (χ2n) is 26.4. The van der Waals surface area contributed by atoms with Crippen LogP contribution in [-0.4, -0.2) is 74.2 Å². The molecule has 0 heterocycles. The van der Waals surface area contributed by atoms with Gasteiger partial charge in [0.2, 0.25) is 0 Å². The van der Waals surface area contributed by atoms with Gasteiger partial charge in [0.15, 0.2) is 0 Å². The molecule has 480 valence electrons. The van der Waals surface area contributed by atoms with Gasteiger partial charge >= 0.3 is 434 Å². The molecule has 7 nitrogen and oxygen atoms in total. The summed E-state index contributed by atoms with van der Waals surface area (Å²) >= 11 is 0. The molecule has 0 fully saturated rings. The van der Waals surface area contributed by atoms with E-state index in [1.165, 1.54) is 186 Å². The Balaban J connectivity index is 2.40. The summed E-state index contributed by atoms with van der Waals surface area (Å²) in [6, 6.07) is 8.04. The standard InChI is InChI=1S/C72H134O7P2S/c1-9-17-25-27-29-31-33-35-37-39-41-43-45-47-49-51-61-80(55-19-11-3,56-20-12-4,57-21-13-5)78-71(73)66-53-54-69-67(63-66)64-68(65-70(69)82(75,76)77)72(74)79-81(58-22-14-6,59-23-15-7,60-24-16-8)62-52-50-48-46-44-42-40-38-36-34-32-30-28-26-18-10-2/h53-54,63-65H,9-52,55-62H2,1-8H3,(H,75,76,77). The first kappa shape index (κ1) is 76.5. The number of rotatable bonds is 57. The number of hydrogen-bond acceptors (Lipinski definition) is 6. The Bertz CT molecular complexity index is 2020. The molecule has 0 atom stereocenters. The Morgan fingerprint density at radius 2 is 0.561 bits per heavy atom. The molecule has 0 bridgehead atoms. The molecule has 0 aliphatic carbocycles. The molecule has 0 spiro atoms. The number of fused-ring (bicyclic) bond motifs is 1. The van der Waals surface area contributed by atoms with Crippen LogP contribution in [0, 0.1) is 0 Å². The Labute approximate surface area is 508 Å². The molecule has 0 saturated carbocycles. The van der Waals surface area contributed by atoms with E-state index in [4.69, 9.17) is 9.05 Å². The summed E-state index contributed by atoms with van der Waals surface area (Å²) in [5, 5.41) is 0.692. The minimum absolute atomic E-state index is 0.119. The summed E-state index contributed by atoms with van der Waals surface area (Å²) in [5.41, 5.74) is 0.481. The van der Waals surface area contributed by atoms with Crippen LogP contribution in [-0.2, 0) is 19.2 Å². The van der Waals surface area contributed by atoms with Crippen LogP contribution in [0.5, 0.6) is 0 Å². The monoisotopic (exact) mass is 1200 g/mol. The zero-order chi connectivity index (χ0) is 60.2. The van der Waals surface area contributed by atoms with Crippen molar-refractivity contribution >= 4 is 46.5 Å². The van der Waals surface area contributed by atoms with E-state index in [9.17, 15) is 13.0 Å². The molecular weight excluding hydrogens is 1070 g/mol. The Kier molecular flexibility index (Phi) is 41.8. The molecule has 0 aliphatic rings. The molecule has 0 aliphatic heterocycles. The fraction of sp³-hybridized carbons (Fsp3) is 0.833. The van der Waals surface area contributed by atoms with Crippen LogP contribution in [0.15, 0.2) is 35.2 Å². The number of carbonyl (C=O) groups is 2. The van der Waals surface area contributed by atoms with Crippen molar-refractivity contribution in [2.24, 2.45) is 0 Å². The van der Waals surface area contributed by atoms with Gasteiger partial charge in [-0.1, -0.05) is 78.1 Å². The molecule has 0 amide bonds. The van der Waals surface area contributed by atoms with E-state index in [0.29, 0.717) is 10.9 Å². The van der Waals surface area contributed by atoms with Crippen molar-refractivity contribution in [2.75, 3.05) is 49.3 Å². The Morgan fingerprint density at radius 3 is 0.829 bits per heavy atom. The van der Waals surface area contributed by atoms with Crippen molar-refractivity contribution in [1.82, 2.24) is 0 Å². The molecular formula is C72H134O7P2S. The summed E-state index contributed by atoms with van der Waals surface area (Å²) in [6.45, 7) is 11.7. The molecule has 10 heteroatoms. The summed E-state index contributed by atoms with van der Waals surface area (Å²) in [5.74, 6) is -0.845. The Morgan fingerprint density at radius 1 is 0.329 bits per heavy atom. The number of unbranched alkanes of at least 4 members (excludes halogenated alkanes) is 36. The predicted octanol–water partition coefficient (Wildman–Crippen LogP) is 24.7. The van der Waals surface area contributed by atoms with Gasteiger partial charge in [0.25, 0.3) is 0 Å². The summed E-state index contributed by atoms with van der Waals surface area (Å²) in [7, 11) is -4.76. The second kappa shape index (κ2) is 44.8. The average Bonchev–Trinajstić information content (AvgIpc) is 3.61. The van der Waals surface area contributed by atoms with Crippen molar-refractivity contribution in [3.63, 3.8) is 0 Å². The molecule has 2 rings (SSSR count). The number of benzene rings is 2. The van der Waals surface area contributed by atoms with Crippen LogP contribution in [0.1, 0.15) is 359 Å². The summed E-state index contributed by atoms with van der Waals surface area (Å²) in [6.07, 6.45) is 61.6. The fourth-order valence-electron chi connectivity index (χ4n) is 13.5. The first-order valence-electron chi connectivity index (χ1n) is 35.7. The summed E-state index contributed by atoms with van der Waals surface area (Å²) < 4.78 is 52.1. The topological polar surface area (TPSA) is 107 Å². The van der Waals surface area contributed by atoms with Crippen LogP contribution < -0.4 is 0 Å². The number of carbonyl (C=O) groups excluding carboxylic acids is 2. The normalized spacial score (nSPS) is 13.3. The van der Waals surface area contributed by atoms with Crippen molar-refractivity contribution in [1.29, 1.82) is 0 Å². The van der Waals surface area contributed by atoms with Gasteiger partial charge in [0.05, 0.1) is 0 Å².